The molecule has 1 aliphatic heterocycles. The van der Waals surface area contributed by atoms with Crippen LogP contribution in [0.4, 0.5) is 0 Å². The fourth-order valence-electron chi connectivity index (χ4n) is 4.60. The van der Waals surface area contributed by atoms with Crippen molar-refractivity contribution < 1.29 is 18.3 Å². The first kappa shape index (κ1) is 20.9. The first-order valence-electron chi connectivity index (χ1n) is 10.5. The van der Waals surface area contributed by atoms with Crippen molar-refractivity contribution in [2.45, 2.75) is 43.5 Å². The molecule has 0 fully saturated rings. The monoisotopic (exact) mass is 455 g/mol. The van der Waals surface area contributed by atoms with E-state index in [0.29, 0.717) is 25.2 Å². The van der Waals surface area contributed by atoms with Crippen LogP contribution in [0.15, 0.2) is 47.5 Å². The molecule has 2 aromatic heterocycles. The number of carbonyl (C=O) groups excluding carboxylic acids is 1. The number of carbonyl (C=O) groups is 1. The van der Waals surface area contributed by atoms with Crippen LogP contribution in [-0.2, 0) is 36.6 Å². The molecule has 0 spiro atoms. The molecule has 3 aromatic rings. The van der Waals surface area contributed by atoms with Gasteiger partial charge in [0, 0.05) is 25.5 Å². The lowest BCUT2D eigenvalue weighted by Crippen LogP contribution is -2.38. The third-order valence-corrected chi connectivity index (χ3v) is 8.52. The summed E-state index contributed by atoms with van der Waals surface area (Å²) >= 11 is 0. The number of hydrogen-bond donors (Lipinski definition) is 2. The van der Waals surface area contributed by atoms with Crippen LogP contribution < -0.4 is 5.32 Å². The van der Waals surface area contributed by atoms with E-state index in [1.165, 1.54) is 10.4 Å². The largest absolute Gasteiger partial charge is 0.386 e. The van der Waals surface area contributed by atoms with Gasteiger partial charge in [0.25, 0.3) is 5.91 Å². The molecule has 168 valence electrons. The molecule has 3 heterocycles. The number of amides is 1. The van der Waals surface area contributed by atoms with E-state index in [4.69, 9.17) is 0 Å². The predicted octanol–water partition coefficient (Wildman–Crippen LogP) is 1.12. The first-order chi connectivity index (χ1) is 15.3. The van der Waals surface area contributed by atoms with Gasteiger partial charge in [-0.15, -0.1) is 0 Å². The maximum Gasteiger partial charge on any atom is 0.268 e. The molecule has 2 atom stereocenters. The number of benzene rings is 1. The number of nitrogens with one attached hydrogen (secondary N) is 1. The molecule has 2 N–H and O–H groups in total. The molecule has 0 bridgehead atoms. The highest BCUT2D eigenvalue weighted by molar-refractivity contribution is 7.89. The second-order valence-electron chi connectivity index (χ2n) is 8.35. The van der Waals surface area contributed by atoms with E-state index in [0.717, 1.165) is 16.8 Å². The zero-order chi connectivity index (χ0) is 22.6. The Bertz CT molecular complexity index is 1310. The smallest absolute Gasteiger partial charge is 0.268 e. The maximum atomic E-state index is 13.4. The average molecular weight is 456 g/mol. The van der Waals surface area contributed by atoms with Crippen molar-refractivity contribution in [1.82, 2.24) is 24.0 Å². The van der Waals surface area contributed by atoms with E-state index < -0.39 is 28.1 Å². The van der Waals surface area contributed by atoms with Gasteiger partial charge in [-0.2, -0.15) is 9.40 Å². The first-order valence-corrected chi connectivity index (χ1v) is 12.0. The Morgan fingerprint density at radius 3 is 2.78 bits per heavy atom. The molecule has 1 aromatic carbocycles. The van der Waals surface area contributed by atoms with Crippen LogP contribution in [0.2, 0.25) is 0 Å². The summed E-state index contributed by atoms with van der Waals surface area (Å²) in [4.78, 5) is 13.2. The van der Waals surface area contributed by atoms with E-state index in [1.807, 2.05) is 30.3 Å². The molecule has 0 radical (unpaired) electrons. The minimum absolute atomic E-state index is 0.119. The third kappa shape index (κ3) is 3.26. The van der Waals surface area contributed by atoms with Gasteiger partial charge in [-0.3, -0.25) is 9.48 Å². The Kier molecular flexibility index (Phi) is 4.95. The molecule has 2 aliphatic rings. The number of fused-ring (bicyclic) bond motifs is 2. The van der Waals surface area contributed by atoms with E-state index in [9.17, 15) is 18.3 Å². The number of rotatable bonds is 4. The lowest BCUT2D eigenvalue weighted by Gasteiger charge is -2.26. The highest BCUT2D eigenvalue weighted by atomic mass is 32.2. The van der Waals surface area contributed by atoms with Crippen molar-refractivity contribution in [2.24, 2.45) is 7.05 Å². The number of aliphatic hydroxyl groups excluding tert-OH is 1. The summed E-state index contributed by atoms with van der Waals surface area (Å²) in [5.41, 5.74) is 3.38. The molecule has 9 nitrogen and oxygen atoms in total. The van der Waals surface area contributed by atoms with Crippen LogP contribution in [0.5, 0.6) is 0 Å². The molecule has 5 rings (SSSR count). The zero-order valence-corrected chi connectivity index (χ0v) is 18.7. The highest BCUT2D eigenvalue weighted by Gasteiger charge is 2.35. The fourth-order valence-corrected chi connectivity index (χ4v) is 6.28. The number of nitrogens with zero attached hydrogens (tertiary/aromatic N) is 4. The van der Waals surface area contributed by atoms with Gasteiger partial charge >= 0.3 is 0 Å². The summed E-state index contributed by atoms with van der Waals surface area (Å²) in [5, 5.41) is 17.7. The van der Waals surface area contributed by atoms with Gasteiger partial charge in [-0.1, -0.05) is 24.3 Å². The Labute approximate surface area is 186 Å². The number of aromatic nitrogens is 3. The van der Waals surface area contributed by atoms with Crippen LogP contribution in [-0.4, -0.2) is 50.7 Å². The normalized spacial score (nSPS) is 20.7. The van der Waals surface area contributed by atoms with Gasteiger partial charge < -0.3 is 15.0 Å². The molecule has 0 saturated carbocycles. The quantitative estimate of drug-likeness (QED) is 0.613. The predicted molar refractivity (Wildman–Crippen MR) is 116 cm³/mol. The summed E-state index contributed by atoms with van der Waals surface area (Å²) in [6.07, 6.45) is 1.40. The van der Waals surface area contributed by atoms with Gasteiger partial charge in [0.2, 0.25) is 10.0 Å². The molecule has 10 heteroatoms. The Morgan fingerprint density at radius 2 is 2.00 bits per heavy atom. The van der Waals surface area contributed by atoms with Gasteiger partial charge in [-0.25, -0.2) is 8.42 Å². The van der Waals surface area contributed by atoms with Gasteiger partial charge in [0.1, 0.15) is 10.6 Å². The van der Waals surface area contributed by atoms with Crippen LogP contribution in [0.3, 0.4) is 0 Å². The molecule has 1 amide bonds. The molecule has 32 heavy (non-hydrogen) atoms. The van der Waals surface area contributed by atoms with Crippen LogP contribution >= 0.6 is 0 Å². The Morgan fingerprint density at radius 1 is 1.22 bits per heavy atom. The molecular weight excluding hydrogens is 430 g/mol. The fraction of sp³-hybridized carbons (Fsp3) is 0.364. The van der Waals surface area contributed by atoms with Gasteiger partial charge in [-0.05, 0) is 36.6 Å². The van der Waals surface area contributed by atoms with E-state index >= 15 is 0 Å². The summed E-state index contributed by atoms with van der Waals surface area (Å²) in [6.45, 7) is 2.74. The number of sulfonamides is 1. The SMILES string of the molecule is Cc1c(S(=O)(=O)N2CCn3nccc3C2)cc(C(=O)N[C@@H]2Cc3ccccc3[C@H]2O)n1C. The van der Waals surface area contributed by atoms with Gasteiger partial charge in [0.05, 0.1) is 30.9 Å². The van der Waals surface area contributed by atoms with E-state index in [-0.39, 0.29) is 17.1 Å². The second kappa shape index (κ2) is 7.58. The number of aliphatic hydroxyl groups is 1. The molecule has 0 saturated heterocycles. The summed E-state index contributed by atoms with van der Waals surface area (Å²) in [6, 6.07) is 10.3. The average Bonchev–Trinajstić information content (AvgIpc) is 3.45. The second-order valence-corrected chi connectivity index (χ2v) is 10.3. The van der Waals surface area contributed by atoms with Crippen molar-refractivity contribution in [3.8, 4) is 0 Å². The summed E-state index contributed by atoms with van der Waals surface area (Å²) in [7, 11) is -2.11. The van der Waals surface area contributed by atoms with Crippen LogP contribution in [0.25, 0.3) is 0 Å². The Balaban J connectivity index is 1.39. The van der Waals surface area contributed by atoms with Crippen molar-refractivity contribution in [1.29, 1.82) is 0 Å². The lowest BCUT2D eigenvalue weighted by molar-refractivity contribution is 0.0850. The highest BCUT2D eigenvalue weighted by Crippen LogP contribution is 2.32. The van der Waals surface area contributed by atoms with Crippen LogP contribution in [0.1, 0.15) is 39.1 Å². The lowest BCUT2D eigenvalue weighted by atomic mass is 10.1. The van der Waals surface area contributed by atoms with E-state index in [2.05, 4.69) is 10.4 Å². The molecule has 0 unspecified atom stereocenters. The maximum absolute atomic E-state index is 13.4. The van der Waals surface area contributed by atoms with Crippen molar-refractivity contribution in [3.63, 3.8) is 0 Å². The van der Waals surface area contributed by atoms with Crippen molar-refractivity contribution in [2.75, 3.05) is 6.54 Å². The van der Waals surface area contributed by atoms with Crippen molar-refractivity contribution >= 4 is 15.9 Å². The van der Waals surface area contributed by atoms with Gasteiger partial charge in [0.15, 0.2) is 0 Å². The third-order valence-electron chi connectivity index (χ3n) is 6.55. The Hall–Kier alpha value is -2.95. The standard InChI is InChI=1S/C22H25N5O4S/c1-14-20(32(30,31)26-9-10-27-16(13-26)7-8-23-27)12-19(25(14)2)22(29)24-18-11-15-5-3-4-6-17(15)21(18)28/h3-8,12,18,21,28H,9-11,13H2,1-2H3,(H,24,29)/t18-,21-/m1/s1. The van der Waals surface area contributed by atoms with E-state index in [1.54, 1.807) is 29.4 Å². The van der Waals surface area contributed by atoms with Crippen molar-refractivity contribution in [3.05, 3.63) is 70.8 Å². The zero-order valence-electron chi connectivity index (χ0n) is 17.9. The molecule has 1 aliphatic carbocycles. The summed E-state index contributed by atoms with van der Waals surface area (Å²) < 4.78 is 31.6. The van der Waals surface area contributed by atoms with Crippen LogP contribution in [0, 0.1) is 6.92 Å². The minimum Gasteiger partial charge on any atom is -0.386 e. The molecular formula is C22H25N5O4S. The topological polar surface area (TPSA) is 109 Å². The number of hydrogen-bond acceptors (Lipinski definition) is 5. The summed E-state index contributed by atoms with van der Waals surface area (Å²) in [5.74, 6) is -0.411. The minimum atomic E-state index is -3.79.